The van der Waals surface area contributed by atoms with E-state index in [-0.39, 0.29) is 19.6 Å². The fraction of sp³-hybridized carbons (Fsp3) is 0.250. The van der Waals surface area contributed by atoms with Crippen LogP contribution in [0.3, 0.4) is 0 Å². The second-order valence-corrected chi connectivity index (χ2v) is 4.99. The van der Waals surface area contributed by atoms with Crippen LogP contribution in [-0.2, 0) is 27.4 Å². The van der Waals surface area contributed by atoms with E-state index in [1.807, 2.05) is 6.07 Å². The minimum absolute atomic E-state index is 0.00850. The summed E-state index contributed by atoms with van der Waals surface area (Å²) >= 11 is 0. The second-order valence-electron chi connectivity index (χ2n) is 4.99. The molecule has 1 atom stereocenters. The molecule has 0 saturated heterocycles. The van der Waals surface area contributed by atoms with Crippen LogP contribution in [0.25, 0.3) is 0 Å². The van der Waals surface area contributed by atoms with E-state index >= 15 is 0 Å². The third-order valence-corrected chi connectivity index (χ3v) is 3.34. The van der Waals surface area contributed by atoms with Gasteiger partial charge in [-0.1, -0.05) is 30.3 Å². The van der Waals surface area contributed by atoms with E-state index < -0.39 is 18.1 Å². The van der Waals surface area contributed by atoms with E-state index in [1.165, 1.54) is 12.5 Å². The molecule has 1 aromatic heterocycles. The number of carboxylic acid groups (broad SMARTS) is 1. The summed E-state index contributed by atoms with van der Waals surface area (Å²) in [5.41, 5.74) is 1.30. The lowest BCUT2D eigenvalue weighted by molar-refractivity contribution is -0.142. The molecule has 2 rings (SSSR count). The first-order valence-corrected chi connectivity index (χ1v) is 7.23. The van der Waals surface area contributed by atoms with Gasteiger partial charge in [0.05, 0.1) is 12.9 Å². The minimum atomic E-state index is -1.24. The first-order valence-electron chi connectivity index (χ1n) is 7.23. The van der Waals surface area contributed by atoms with Gasteiger partial charge < -0.3 is 19.6 Å². The Hall–Kier alpha value is -3.16. The van der Waals surface area contributed by atoms with Crippen molar-refractivity contribution in [2.24, 2.45) is 0 Å². The van der Waals surface area contributed by atoms with E-state index in [0.717, 1.165) is 10.5 Å². The maximum atomic E-state index is 12.2. The fourth-order valence-corrected chi connectivity index (χ4v) is 2.15. The highest BCUT2D eigenvalue weighted by atomic mass is 16.6. The topological polar surface area (TPSA) is 113 Å². The third kappa shape index (κ3) is 4.67. The van der Waals surface area contributed by atoms with Gasteiger partial charge in [0.1, 0.15) is 18.9 Å². The van der Waals surface area contributed by atoms with Gasteiger partial charge in [0, 0.05) is 18.3 Å². The Morgan fingerprint density at radius 3 is 2.67 bits per heavy atom. The number of imidazole rings is 1. The van der Waals surface area contributed by atoms with Crippen molar-refractivity contribution in [3.8, 4) is 0 Å². The van der Waals surface area contributed by atoms with Crippen LogP contribution in [0.15, 0.2) is 42.9 Å². The van der Waals surface area contributed by atoms with Crippen molar-refractivity contribution in [3.05, 3.63) is 54.1 Å². The van der Waals surface area contributed by atoms with Gasteiger partial charge in [-0.3, -0.25) is 4.90 Å². The zero-order valence-electron chi connectivity index (χ0n) is 12.8. The van der Waals surface area contributed by atoms with Gasteiger partial charge in [-0.15, -0.1) is 0 Å². The summed E-state index contributed by atoms with van der Waals surface area (Å²) in [7, 11) is 0. The number of hydrogen-bond acceptors (Lipinski definition) is 5. The van der Waals surface area contributed by atoms with Crippen molar-refractivity contribution in [2.45, 2.75) is 19.1 Å². The number of carboxylic acids is 1. The molecule has 1 heterocycles. The van der Waals surface area contributed by atoms with Gasteiger partial charge in [0.15, 0.2) is 0 Å². The second kappa shape index (κ2) is 8.47. The van der Waals surface area contributed by atoms with Crippen LogP contribution in [0.2, 0.25) is 0 Å². The maximum absolute atomic E-state index is 12.2. The highest BCUT2D eigenvalue weighted by molar-refractivity contribution is 5.82. The molecule has 126 valence electrons. The molecule has 0 aliphatic heterocycles. The highest BCUT2D eigenvalue weighted by Gasteiger charge is 2.31. The number of aromatic nitrogens is 2. The third-order valence-electron chi connectivity index (χ3n) is 3.34. The van der Waals surface area contributed by atoms with E-state index in [1.54, 1.807) is 24.3 Å². The molecule has 8 nitrogen and oxygen atoms in total. The Morgan fingerprint density at radius 2 is 2.08 bits per heavy atom. The molecule has 2 aromatic rings. The predicted octanol–water partition coefficient (Wildman–Crippen LogP) is 1.24. The fourth-order valence-electron chi connectivity index (χ4n) is 2.15. The van der Waals surface area contributed by atoms with Crippen LogP contribution < -0.4 is 0 Å². The Labute approximate surface area is 138 Å². The number of aromatic amines is 1. The van der Waals surface area contributed by atoms with Crippen LogP contribution in [0, 0.1) is 0 Å². The average molecular weight is 331 g/mol. The SMILES string of the molecule is O=CCN(C(=O)OCc1ccccc1)C(Cc1cnc[nH]1)C(=O)O. The number of aldehydes is 1. The van der Waals surface area contributed by atoms with Crippen LogP contribution >= 0.6 is 0 Å². The van der Waals surface area contributed by atoms with Gasteiger partial charge in [-0.05, 0) is 5.56 Å². The number of carbonyl (C=O) groups is 3. The molecule has 1 unspecified atom stereocenters. The normalized spacial score (nSPS) is 11.5. The number of nitrogens with one attached hydrogen (secondary N) is 1. The molecule has 0 bridgehead atoms. The van der Waals surface area contributed by atoms with Crippen LogP contribution in [0.5, 0.6) is 0 Å². The zero-order chi connectivity index (χ0) is 17.4. The van der Waals surface area contributed by atoms with Crippen molar-refractivity contribution in [2.75, 3.05) is 6.54 Å². The lowest BCUT2D eigenvalue weighted by atomic mass is 10.1. The molecule has 0 saturated carbocycles. The van der Waals surface area contributed by atoms with Gasteiger partial charge in [0.2, 0.25) is 0 Å². The van der Waals surface area contributed by atoms with Crippen molar-refractivity contribution in [1.29, 1.82) is 0 Å². The molecule has 1 aromatic carbocycles. The summed E-state index contributed by atoms with van der Waals surface area (Å²) in [4.78, 5) is 42.1. The predicted molar refractivity (Wildman–Crippen MR) is 83.1 cm³/mol. The first-order chi connectivity index (χ1) is 11.6. The van der Waals surface area contributed by atoms with E-state index in [0.29, 0.717) is 12.0 Å². The number of rotatable bonds is 8. The van der Waals surface area contributed by atoms with Crippen molar-refractivity contribution < 1.29 is 24.2 Å². The molecule has 8 heteroatoms. The minimum Gasteiger partial charge on any atom is -0.480 e. The van der Waals surface area contributed by atoms with E-state index in [2.05, 4.69) is 9.97 Å². The van der Waals surface area contributed by atoms with Gasteiger partial charge >= 0.3 is 12.1 Å². The lowest BCUT2D eigenvalue weighted by Gasteiger charge is -2.26. The van der Waals surface area contributed by atoms with Gasteiger partial charge in [-0.2, -0.15) is 0 Å². The van der Waals surface area contributed by atoms with Crippen LogP contribution in [-0.4, -0.2) is 50.9 Å². The smallest absolute Gasteiger partial charge is 0.411 e. The monoisotopic (exact) mass is 331 g/mol. The number of H-pyrrole nitrogens is 1. The molecule has 1 amide bonds. The van der Waals surface area contributed by atoms with E-state index in [4.69, 9.17) is 4.74 Å². The van der Waals surface area contributed by atoms with Crippen molar-refractivity contribution in [3.63, 3.8) is 0 Å². The number of ether oxygens (including phenoxy) is 1. The molecule has 0 aliphatic carbocycles. The summed E-state index contributed by atoms with van der Waals surface area (Å²) in [6.07, 6.45) is 2.46. The molecular formula is C16H17N3O5. The standard InChI is InChI=1S/C16H17N3O5/c20-7-6-19(14(15(21)22)8-13-9-17-11-18-13)16(23)24-10-12-4-2-1-3-5-12/h1-5,7,9,11,14H,6,8,10H2,(H,17,18)(H,21,22). The molecule has 24 heavy (non-hydrogen) atoms. The Balaban J connectivity index is 2.07. The molecule has 0 fully saturated rings. The van der Waals surface area contributed by atoms with Crippen LogP contribution in [0.4, 0.5) is 4.79 Å². The van der Waals surface area contributed by atoms with Gasteiger partial charge in [-0.25, -0.2) is 14.6 Å². The lowest BCUT2D eigenvalue weighted by Crippen LogP contribution is -2.47. The molecule has 0 aliphatic rings. The van der Waals surface area contributed by atoms with Crippen molar-refractivity contribution in [1.82, 2.24) is 14.9 Å². The Kier molecular flexibility index (Phi) is 6.07. The number of aliphatic carboxylic acids is 1. The molecule has 0 radical (unpaired) electrons. The highest BCUT2D eigenvalue weighted by Crippen LogP contribution is 2.10. The number of benzene rings is 1. The first kappa shape index (κ1) is 17.2. The largest absolute Gasteiger partial charge is 0.480 e. The summed E-state index contributed by atoms with van der Waals surface area (Å²) in [6.45, 7) is -0.385. The average Bonchev–Trinajstić information content (AvgIpc) is 3.10. The van der Waals surface area contributed by atoms with Crippen molar-refractivity contribution >= 4 is 18.3 Å². The van der Waals surface area contributed by atoms with Crippen LogP contribution in [0.1, 0.15) is 11.3 Å². The summed E-state index contributed by atoms with van der Waals surface area (Å²) in [6, 6.07) is 7.73. The Bertz CT molecular complexity index is 672. The number of amides is 1. The molecule has 0 spiro atoms. The summed E-state index contributed by atoms with van der Waals surface area (Å²) in [5, 5.41) is 9.40. The Morgan fingerprint density at radius 1 is 1.33 bits per heavy atom. The van der Waals surface area contributed by atoms with Gasteiger partial charge in [0.25, 0.3) is 0 Å². The summed E-state index contributed by atoms with van der Waals surface area (Å²) < 4.78 is 5.13. The van der Waals surface area contributed by atoms with E-state index in [9.17, 15) is 19.5 Å². The maximum Gasteiger partial charge on any atom is 0.411 e. The molecule has 2 N–H and O–H groups in total. The number of nitrogens with zero attached hydrogens (tertiary/aromatic N) is 2. The summed E-state index contributed by atoms with van der Waals surface area (Å²) in [5.74, 6) is -1.23. The molecular weight excluding hydrogens is 314 g/mol. The quantitative estimate of drug-likeness (QED) is 0.704. The number of carbonyl (C=O) groups excluding carboxylic acids is 2. The number of hydrogen-bond donors (Lipinski definition) is 2. The zero-order valence-corrected chi connectivity index (χ0v) is 12.8.